The van der Waals surface area contributed by atoms with Crippen LogP contribution in [-0.4, -0.2) is 32.5 Å². The maximum Gasteiger partial charge on any atom is 0.230 e. The largest absolute Gasteiger partial charge is 0.353 e. The summed E-state index contributed by atoms with van der Waals surface area (Å²) in [4.78, 5) is 12.8. The molecule has 4 unspecified atom stereocenters. The number of nitrogens with zero attached hydrogens (tertiary/aromatic N) is 3. The van der Waals surface area contributed by atoms with Crippen molar-refractivity contribution in [3.8, 4) is 11.4 Å². The first-order valence-electron chi connectivity index (χ1n) is 11.7. The van der Waals surface area contributed by atoms with Crippen molar-refractivity contribution in [2.24, 2.45) is 17.8 Å². The Bertz CT molecular complexity index is 1100. The van der Waals surface area contributed by atoms with Gasteiger partial charge in [0.15, 0.2) is 11.0 Å². The van der Waals surface area contributed by atoms with E-state index >= 15 is 0 Å². The molecule has 7 heteroatoms. The fourth-order valence-corrected chi connectivity index (χ4v) is 6.43. The molecule has 4 atom stereocenters. The zero-order valence-corrected chi connectivity index (χ0v) is 20.4. The third-order valence-electron chi connectivity index (χ3n) is 7.16. The van der Waals surface area contributed by atoms with E-state index in [-0.39, 0.29) is 11.9 Å². The molecule has 2 aromatic carbocycles. The number of amides is 1. The minimum Gasteiger partial charge on any atom is -0.353 e. The average Bonchev–Trinajstić information content (AvgIpc) is 3.55. The zero-order valence-electron chi connectivity index (χ0n) is 18.8. The van der Waals surface area contributed by atoms with Gasteiger partial charge in [0.2, 0.25) is 5.91 Å². The summed E-state index contributed by atoms with van der Waals surface area (Å²) in [5.41, 5.74) is 2.10. The second-order valence-corrected chi connectivity index (χ2v) is 10.7. The predicted molar refractivity (Wildman–Crippen MR) is 133 cm³/mol. The van der Waals surface area contributed by atoms with Crippen LogP contribution in [-0.2, 0) is 11.3 Å². The summed E-state index contributed by atoms with van der Waals surface area (Å²) >= 11 is 7.52. The Morgan fingerprint density at radius 2 is 1.91 bits per heavy atom. The molecule has 0 radical (unpaired) electrons. The first-order chi connectivity index (χ1) is 16.1. The van der Waals surface area contributed by atoms with E-state index in [1.54, 1.807) is 0 Å². The number of carbonyl (C=O) groups is 1. The number of aromatic nitrogens is 3. The maximum absolute atomic E-state index is 12.8. The van der Waals surface area contributed by atoms with Crippen LogP contribution in [0, 0.1) is 17.8 Å². The highest BCUT2D eigenvalue weighted by Gasteiger charge is 2.42. The second-order valence-electron chi connectivity index (χ2n) is 9.37. The van der Waals surface area contributed by atoms with Gasteiger partial charge in [-0.1, -0.05) is 60.1 Å². The van der Waals surface area contributed by atoms with E-state index in [2.05, 4.69) is 39.1 Å². The first kappa shape index (κ1) is 22.5. The van der Waals surface area contributed by atoms with Crippen molar-refractivity contribution >= 4 is 29.3 Å². The number of nitrogens with one attached hydrogen (secondary N) is 1. The third kappa shape index (κ3) is 5.12. The van der Waals surface area contributed by atoms with Gasteiger partial charge in [0.1, 0.15) is 0 Å². The Morgan fingerprint density at radius 1 is 1.12 bits per heavy atom. The van der Waals surface area contributed by atoms with Crippen molar-refractivity contribution in [3.63, 3.8) is 0 Å². The van der Waals surface area contributed by atoms with Gasteiger partial charge < -0.3 is 5.32 Å². The molecule has 0 aliphatic heterocycles. The molecule has 3 aromatic rings. The lowest BCUT2D eigenvalue weighted by Crippen LogP contribution is -2.40. The molecule has 2 fully saturated rings. The van der Waals surface area contributed by atoms with Gasteiger partial charge >= 0.3 is 0 Å². The van der Waals surface area contributed by atoms with Crippen LogP contribution in [0.1, 0.15) is 38.2 Å². The van der Waals surface area contributed by atoms with E-state index in [4.69, 9.17) is 11.6 Å². The smallest absolute Gasteiger partial charge is 0.230 e. The van der Waals surface area contributed by atoms with Gasteiger partial charge in [-0.05, 0) is 73.8 Å². The van der Waals surface area contributed by atoms with E-state index in [0.29, 0.717) is 23.2 Å². The fourth-order valence-electron chi connectivity index (χ4n) is 5.56. The van der Waals surface area contributed by atoms with Crippen molar-refractivity contribution in [1.82, 2.24) is 20.1 Å². The van der Waals surface area contributed by atoms with E-state index < -0.39 is 0 Å². The molecule has 5 nitrogen and oxygen atoms in total. The molecule has 1 amide bonds. The van der Waals surface area contributed by atoms with Crippen molar-refractivity contribution < 1.29 is 4.79 Å². The summed E-state index contributed by atoms with van der Waals surface area (Å²) in [6.45, 7) is 2.81. The van der Waals surface area contributed by atoms with Gasteiger partial charge in [-0.2, -0.15) is 0 Å². The summed E-state index contributed by atoms with van der Waals surface area (Å²) in [5, 5.41) is 13.6. The topological polar surface area (TPSA) is 59.8 Å². The molecule has 2 bridgehead atoms. The molecule has 1 aromatic heterocycles. The van der Waals surface area contributed by atoms with Crippen molar-refractivity contribution in [3.05, 3.63) is 65.2 Å². The Hall–Kier alpha value is -2.31. The average molecular weight is 481 g/mol. The number of benzene rings is 2. The molecule has 2 aliphatic rings. The quantitative estimate of drug-likeness (QED) is 0.421. The molecule has 0 saturated heterocycles. The Labute approximate surface area is 204 Å². The highest BCUT2D eigenvalue weighted by atomic mass is 35.5. The van der Waals surface area contributed by atoms with Gasteiger partial charge in [-0.15, -0.1) is 10.2 Å². The molecule has 2 saturated carbocycles. The number of halogens is 1. The zero-order chi connectivity index (χ0) is 22.8. The summed E-state index contributed by atoms with van der Waals surface area (Å²) in [5.74, 6) is 3.49. The lowest BCUT2D eigenvalue weighted by molar-refractivity contribution is -0.119. The first-order valence-corrected chi connectivity index (χ1v) is 13.1. The normalized spacial score (nSPS) is 22.4. The summed E-state index contributed by atoms with van der Waals surface area (Å²) in [6.07, 6.45) is 5.34. The van der Waals surface area contributed by atoms with Crippen LogP contribution in [0.4, 0.5) is 0 Å². The van der Waals surface area contributed by atoms with Gasteiger partial charge in [0.05, 0.1) is 12.3 Å². The van der Waals surface area contributed by atoms with E-state index in [1.165, 1.54) is 37.4 Å². The summed E-state index contributed by atoms with van der Waals surface area (Å²) < 4.78 is 2.08. The Balaban J connectivity index is 1.28. The van der Waals surface area contributed by atoms with Crippen LogP contribution in [0.15, 0.2) is 59.8 Å². The number of thioether (sulfide) groups is 1. The standard InChI is InChI=1S/C26H29ClN4OS/c1-17(23-14-19-7-8-21(23)13-19)28-24(32)16-33-26-30-29-25(20-9-11-22(27)12-10-20)31(26)15-18-5-3-2-4-6-18/h2-6,9-12,17,19,21,23H,7-8,13-16H2,1H3,(H,28,32). The SMILES string of the molecule is CC(NC(=O)CSc1nnc(-c2ccc(Cl)cc2)n1Cc1ccccc1)C1CC2CCC1C2. The van der Waals surface area contributed by atoms with Gasteiger partial charge in [0.25, 0.3) is 0 Å². The molecule has 2 aliphatic carbocycles. The van der Waals surface area contributed by atoms with Gasteiger partial charge in [-0.3, -0.25) is 9.36 Å². The minimum atomic E-state index is 0.0672. The van der Waals surface area contributed by atoms with Crippen molar-refractivity contribution in [2.45, 2.75) is 50.4 Å². The minimum absolute atomic E-state index is 0.0672. The fraction of sp³-hybridized carbons (Fsp3) is 0.423. The molecule has 1 heterocycles. The molecule has 5 rings (SSSR count). The summed E-state index contributed by atoms with van der Waals surface area (Å²) in [6, 6.07) is 18.1. The third-order valence-corrected chi connectivity index (χ3v) is 8.38. The number of carbonyl (C=O) groups excluding carboxylic acids is 1. The molecular weight excluding hydrogens is 452 g/mol. The van der Waals surface area contributed by atoms with Crippen LogP contribution in [0.3, 0.4) is 0 Å². The monoisotopic (exact) mass is 480 g/mol. The maximum atomic E-state index is 12.8. The Kier molecular flexibility index (Phi) is 6.74. The van der Waals surface area contributed by atoms with Gasteiger partial charge in [0, 0.05) is 16.6 Å². The van der Waals surface area contributed by atoms with Crippen LogP contribution in [0.25, 0.3) is 11.4 Å². The highest BCUT2D eigenvalue weighted by Crippen LogP contribution is 2.49. The van der Waals surface area contributed by atoms with Crippen LogP contribution >= 0.6 is 23.4 Å². The van der Waals surface area contributed by atoms with Gasteiger partial charge in [-0.25, -0.2) is 0 Å². The van der Waals surface area contributed by atoms with Crippen LogP contribution in [0.5, 0.6) is 0 Å². The second kappa shape index (κ2) is 9.90. The van der Waals surface area contributed by atoms with E-state index in [9.17, 15) is 4.79 Å². The molecular formula is C26H29ClN4OS. The molecule has 1 N–H and O–H groups in total. The van der Waals surface area contributed by atoms with Crippen molar-refractivity contribution in [1.29, 1.82) is 0 Å². The number of hydrogen-bond donors (Lipinski definition) is 1. The molecule has 0 spiro atoms. The van der Waals surface area contributed by atoms with Crippen molar-refractivity contribution in [2.75, 3.05) is 5.75 Å². The van der Waals surface area contributed by atoms with Crippen LogP contribution < -0.4 is 5.32 Å². The predicted octanol–water partition coefficient (Wildman–Crippen LogP) is 5.68. The summed E-state index contributed by atoms with van der Waals surface area (Å²) in [7, 11) is 0. The molecule has 172 valence electrons. The number of hydrogen-bond acceptors (Lipinski definition) is 4. The van der Waals surface area contributed by atoms with Crippen LogP contribution in [0.2, 0.25) is 5.02 Å². The van der Waals surface area contributed by atoms with E-state index in [1.807, 2.05) is 42.5 Å². The highest BCUT2D eigenvalue weighted by molar-refractivity contribution is 7.99. The lowest BCUT2D eigenvalue weighted by Gasteiger charge is -2.28. The molecule has 33 heavy (non-hydrogen) atoms. The Morgan fingerprint density at radius 3 is 2.61 bits per heavy atom. The van der Waals surface area contributed by atoms with E-state index in [0.717, 1.165) is 33.9 Å². The number of rotatable bonds is 8. The number of fused-ring (bicyclic) bond motifs is 2. The lowest BCUT2D eigenvalue weighted by atomic mass is 9.84.